The molecule has 0 bridgehead atoms. The molecule has 0 saturated heterocycles. The van der Waals surface area contributed by atoms with Gasteiger partial charge in [0.15, 0.2) is 0 Å². The molecule has 1 aromatic carbocycles. The van der Waals surface area contributed by atoms with Crippen LogP contribution in [-0.4, -0.2) is 38.1 Å². The lowest BCUT2D eigenvalue weighted by Gasteiger charge is -2.31. The summed E-state index contributed by atoms with van der Waals surface area (Å²) in [5, 5.41) is 0. The van der Waals surface area contributed by atoms with Crippen LogP contribution in [0.1, 0.15) is 26.3 Å². The van der Waals surface area contributed by atoms with Crippen molar-refractivity contribution in [3.63, 3.8) is 0 Å². The van der Waals surface area contributed by atoms with Gasteiger partial charge < -0.3 is 9.64 Å². The third kappa shape index (κ3) is 3.87. The molecule has 0 saturated carbocycles. The molecule has 0 fully saturated rings. The fourth-order valence-electron chi connectivity index (χ4n) is 2.51. The summed E-state index contributed by atoms with van der Waals surface area (Å²) in [7, 11) is -3.34. The van der Waals surface area contributed by atoms with E-state index in [0.717, 1.165) is 17.0 Å². The second-order valence-electron chi connectivity index (χ2n) is 7.17. The van der Waals surface area contributed by atoms with Crippen LogP contribution >= 0.6 is 0 Å². The van der Waals surface area contributed by atoms with Crippen LogP contribution in [0.5, 0.6) is 5.75 Å². The average Bonchev–Trinajstić information content (AvgIpc) is 2.51. The molecule has 3 rings (SSSR count). The third-order valence-electron chi connectivity index (χ3n) is 3.69. The number of rotatable bonds is 3. The standard InChI is InChI=1S/C18H22N2O3S/c1-18(2,3)13-23-15-9-7-14(8-10-15)16-5-4-6-17-19-24(21,22)12-11-20(16)17/h4-10H,11-13H2,1-3H3. The van der Waals surface area contributed by atoms with Gasteiger partial charge in [0.2, 0.25) is 0 Å². The van der Waals surface area contributed by atoms with Crippen molar-refractivity contribution in [2.45, 2.75) is 20.8 Å². The van der Waals surface area contributed by atoms with Crippen molar-refractivity contribution in [2.24, 2.45) is 9.81 Å². The number of fused-ring (bicyclic) bond motifs is 1. The van der Waals surface area contributed by atoms with Gasteiger partial charge in [-0.15, -0.1) is 4.40 Å². The van der Waals surface area contributed by atoms with Crippen molar-refractivity contribution in [1.82, 2.24) is 4.90 Å². The fourth-order valence-corrected chi connectivity index (χ4v) is 3.46. The molecule has 0 atom stereocenters. The number of ether oxygens (including phenoxy) is 1. The van der Waals surface area contributed by atoms with Crippen LogP contribution in [0.4, 0.5) is 0 Å². The molecule has 5 nitrogen and oxygen atoms in total. The van der Waals surface area contributed by atoms with E-state index in [-0.39, 0.29) is 11.2 Å². The van der Waals surface area contributed by atoms with E-state index in [4.69, 9.17) is 4.74 Å². The van der Waals surface area contributed by atoms with Crippen LogP contribution in [0.15, 0.2) is 46.9 Å². The van der Waals surface area contributed by atoms with E-state index in [1.165, 1.54) is 0 Å². The normalized spacial score (nSPS) is 19.4. The predicted octanol–water partition coefficient (Wildman–Crippen LogP) is 3.07. The lowest BCUT2D eigenvalue weighted by molar-refractivity contribution is 0.198. The Bertz CT molecular complexity index is 813. The highest BCUT2D eigenvalue weighted by Crippen LogP contribution is 2.28. The van der Waals surface area contributed by atoms with E-state index >= 15 is 0 Å². The zero-order valence-corrected chi connectivity index (χ0v) is 15.0. The maximum Gasteiger partial charge on any atom is 0.256 e. The lowest BCUT2D eigenvalue weighted by Crippen LogP contribution is -2.38. The Morgan fingerprint density at radius 1 is 1.21 bits per heavy atom. The van der Waals surface area contributed by atoms with E-state index in [2.05, 4.69) is 25.2 Å². The maximum atomic E-state index is 11.7. The van der Waals surface area contributed by atoms with Crippen LogP contribution in [-0.2, 0) is 10.0 Å². The summed E-state index contributed by atoms with van der Waals surface area (Å²) < 4.78 is 33.0. The summed E-state index contributed by atoms with van der Waals surface area (Å²) in [5.41, 5.74) is 2.07. The molecule has 2 aliphatic rings. The van der Waals surface area contributed by atoms with E-state index in [0.29, 0.717) is 19.0 Å². The number of allylic oxidation sites excluding steroid dienone is 2. The van der Waals surface area contributed by atoms with Gasteiger partial charge in [-0.1, -0.05) is 26.8 Å². The lowest BCUT2D eigenvalue weighted by atomic mass is 9.99. The summed E-state index contributed by atoms with van der Waals surface area (Å²) in [6, 6.07) is 7.86. The second kappa shape index (κ2) is 6.09. The van der Waals surface area contributed by atoms with Gasteiger partial charge in [-0.25, -0.2) is 8.42 Å². The van der Waals surface area contributed by atoms with Crippen molar-refractivity contribution in [3.05, 3.63) is 48.1 Å². The number of sulfonamides is 1. The van der Waals surface area contributed by atoms with Crippen molar-refractivity contribution in [3.8, 4) is 5.75 Å². The van der Waals surface area contributed by atoms with Gasteiger partial charge >= 0.3 is 0 Å². The second-order valence-corrected chi connectivity index (χ2v) is 8.93. The molecular weight excluding hydrogens is 324 g/mol. The summed E-state index contributed by atoms with van der Waals surface area (Å²) in [6.07, 6.45) is 5.53. The number of benzene rings is 1. The molecule has 6 heteroatoms. The largest absolute Gasteiger partial charge is 0.493 e. The first-order chi connectivity index (χ1) is 11.2. The highest BCUT2D eigenvalue weighted by atomic mass is 32.2. The molecule has 0 radical (unpaired) electrons. The van der Waals surface area contributed by atoms with Crippen molar-refractivity contribution < 1.29 is 13.2 Å². The Hall–Kier alpha value is -2.08. The van der Waals surface area contributed by atoms with E-state index in [1.807, 2.05) is 41.3 Å². The van der Waals surface area contributed by atoms with Gasteiger partial charge in [0.25, 0.3) is 10.0 Å². The van der Waals surface area contributed by atoms with Gasteiger partial charge in [0.05, 0.1) is 12.4 Å². The zero-order chi connectivity index (χ0) is 17.4. The Balaban J connectivity index is 1.80. The van der Waals surface area contributed by atoms with Crippen LogP contribution < -0.4 is 4.74 Å². The van der Waals surface area contributed by atoms with E-state index < -0.39 is 10.0 Å². The Labute approximate surface area is 143 Å². The van der Waals surface area contributed by atoms with Crippen molar-refractivity contribution in [1.29, 1.82) is 0 Å². The van der Waals surface area contributed by atoms with Crippen molar-refractivity contribution in [2.75, 3.05) is 18.9 Å². The van der Waals surface area contributed by atoms with Crippen molar-refractivity contribution >= 4 is 21.6 Å². The highest BCUT2D eigenvalue weighted by molar-refractivity contribution is 7.90. The van der Waals surface area contributed by atoms with E-state index in [9.17, 15) is 8.42 Å². The molecule has 0 aliphatic carbocycles. The van der Waals surface area contributed by atoms with Crippen LogP contribution in [0.3, 0.4) is 0 Å². The van der Waals surface area contributed by atoms with Crippen LogP contribution in [0.25, 0.3) is 5.70 Å². The first-order valence-corrected chi connectivity index (χ1v) is 9.56. The molecule has 128 valence electrons. The summed E-state index contributed by atoms with van der Waals surface area (Å²) in [6.45, 7) is 7.46. The molecule has 24 heavy (non-hydrogen) atoms. The summed E-state index contributed by atoms with van der Waals surface area (Å²) in [5.74, 6) is 1.34. The average molecular weight is 346 g/mol. The van der Waals surface area contributed by atoms with Gasteiger partial charge in [0, 0.05) is 12.2 Å². The molecule has 0 N–H and O–H groups in total. The minimum absolute atomic E-state index is 0.0362. The molecular formula is C18H22N2O3S. The number of hydrogen-bond donors (Lipinski definition) is 0. The zero-order valence-electron chi connectivity index (χ0n) is 14.2. The highest BCUT2D eigenvalue weighted by Gasteiger charge is 2.27. The topological polar surface area (TPSA) is 59.0 Å². The van der Waals surface area contributed by atoms with Gasteiger partial charge in [0.1, 0.15) is 11.6 Å². The molecule has 0 amide bonds. The number of nitrogens with zero attached hydrogens (tertiary/aromatic N) is 2. The monoisotopic (exact) mass is 346 g/mol. The molecule has 1 aromatic rings. The van der Waals surface area contributed by atoms with Gasteiger partial charge in [-0.3, -0.25) is 0 Å². The van der Waals surface area contributed by atoms with E-state index in [1.54, 1.807) is 6.08 Å². The minimum Gasteiger partial charge on any atom is -0.493 e. The van der Waals surface area contributed by atoms with Crippen LogP contribution in [0, 0.1) is 5.41 Å². The third-order valence-corrected chi connectivity index (χ3v) is 4.86. The maximum absolute atomic E-state index is 11.7. The predicted molar refractivity (Wildman–Crippen MR) is 96.4 cm³/mol. The Morgan fingerprint density at radius 3 is 2.58 bits per heavy atom. The molecule has 2 aliphatic heterocycles. The number of amidine groups is 1. The quantitative estimate of drug-likeness (QED) is 0.844. The summed E-state index contributed by atoms with van der Waals surface area (Å²) >= 11 is 0. The Morgan fingerprint density at radius 2 is 1.92 bits per heavy atom. The fraction of sp³-hybridized carbons (Fsp3) is 0.389. The molecule has 2 heterocycles. The minimum atomic E-state index is -3.34. The number of hydrogen-bond acceptors (Lipinski definition) is 4. The van der Waals surface area contributed by atoms with Crippen LogP contribution in [0.2, 0.25) is 0 Å². The SMILES string of the molecule is CC(C)(C)COc1ccc(C2=CC=CC3=NS(=O)(=O)CCN23)cc1. The van der Waals surface area contributed by atoms with Gasteiger partial charge in [-0.2, -0.15) is 0 Å². The first kappa shape index (κ1) is 16.8. The molecule has 0 unspecified atom stereocenters. The molecule has 0 spiro atoms. The van der Waals surface area contributed by atoms with Gasteiger partial charge in [-0.05, 0) is 47.4 Å². The molecule has 0 aromatic heterocycles. The summed E-state index contributed by atoms with van der Waals surface area (Å²) in [4.78, 5) is 1.94. The smallest absolute Gasteiger partial charge is 0.256 e. The first-order valence-electron chi connectivity index (χ1n) is 7.95. The Kier molecular flexibility index (Phi) is 4.25.